The van der Waals surface area contributed by atoms with Gasteiger partial charge in [-0.1, -0.05) is 24.3 Å². The number of hydrogen-bond donors (Lipinski definition) is 2. The van der Waals surface area contributed by atoms with Crippen LogP contribution in [0.1, 0.15) is 11.1 Å². The number of benzene rings is 2. The monoisotopic (exact) mass is 372 g/mol. The van der Waals surface area contributed by atoms with E-state index in [0.717, 1.165) is 21.4 Å². The average molecular weight is 372 g/mol. The summed E-state index contributed by atoms with van der Waals surface area (Å²) in [5, 5.41) is 13.1. The molecule has 26 heavy (non-hydrogen) atoms. The van der Waals surface area contributed by atoms with Gasteiger partial charge < -0.3 is 15.2 Å². The molecule has 0 spiro atoms. The predicted molar refractivity (Wildman–Crippen MR) is 103 cm³/mol. The lowest BCUT2D eigenvalue weighted by atomic mass is 10.1. The number of hydrogen-bond acceptors (Lipinski definition) is 5. The lowest BCUT2D eigenvalue weighted by molar-refractivity contribution is 0.280. The molecule has 0 atom stereocenters. The molecule has 0 aliphatic heterocycles. The molecular formula is C20H21FN2O2S. The summed E-state index contributed by atoms with van der Waals surface area (Å²) in [6.07, 6.45) is 2.02. The van der Waals surface area contributed by atoms with E-state index in [9.17, 15) is 4.39 Å². The van der Waals surface area contributed by atoms with Crippen molar-refractivity contribution in [3.8, 4) is 5.88 Å². The molecule has 0 unspecified atom stereocenters. The summed E-state index contributed by atoms with van der Waals surface area (Å²) in [5.74, 6) is 0.183. The van der Waals surface area contributed by atoms with Gasteiger partial charge in [-0.05, 0) is 30.5 Å². The van der Waals surface area contributed by atoms with Crippen LogP contribution in [0.4, 0.5) is 4.39 Å². The summed E-state index contributed by atoms with van der Waals surface area (Å²) in [5.41, 5.74) is 2.20. The highest BCUT2D eigenvalue weighted by molar-refractivity contribution is 7.98. The van der Waals surface area contributed by atoms with Crippen molar-refractivity contribution in [2.75, 3.05) is 19.4 Å². The lowest BCUT2D eigenvalue weighted by Crippen LogP contribution is -2.18. The highest BCUT2D eigenvalue weighted by Gasteiger charge is 2.11. The summed E-state index contributed by atoms with van der Waals surface area (Å²) in [6, 6.07) is 14.7. The zero-order valence-electron chi connectivity index (χ0n) is 14.5. The Hall–Kier alpha value is -2.15. The highest BCUT2D eigenvalue weighted by atomic mass is 32.2. The van der Waals surface area contributed by atoms with E-state index in [2.05, 4.69) is 16.4 Å². The number of thioether (sulfide) groups is 1. The number of fused-ring (bicyclic) bond motifs is 1. The summed E-state index contributed by atoms with van der Waals surface area (Å²) in [4.78, 5) is 5.77. The van der Waals surface area contributed by atoms with Crippen molar-refractivity contribution in [2.45, 2.75) is 18.0 Å². The van der Waals surface area contributed by atoms with Crippen LogP contribution < -0.4 is 10.1 Å². The van der Waals surface area contributed by atoms with Crippen LogP contribution in [0.25, 0.3) is 10.9 Å². The molecule has 3 rings (SSSR count). The smallest absolute Gasteiger partial charge is 0.218 e. The standard InChI is InChI=1S/C20H21FN2O2S/c1-26-17-7-6-14-10-16(12-22-8-9-24)20(23-19(14)11-17)25-13-15-4-2-3-5-18(15)21/h2-7,10-11,22,24H,8-9,12-13H2,1H3. The van der Waals surface area contributed by atoms with Crippen molar-refractivity contribution in [1.29, 1.82) is 0 Å². The Morgan fingerprint density at radius 3 is 2.77 bits per heavy atom. The topological polar surface area (TPSA) is 54.4 Å². The van der Waals surface area contributed by atoms with Crippen molar-refractivity contribution in [1.82, 2.24) is 10.3 Å². The number of nitrogens with zero attached hydrogens (tertiary/aromatic N) is 1. The molecule has 2 N–H and O–H groups in total. The maximum absolute atomic E-state index is 13.8. The van der Waals surface area contributed by atoms with Crippen LogP contribution >= 0.6 is 11.8 Å². The molecule has 2 aromatic carbocycles. The Morgan fingerprint density at radius 2 is 2.00 bits per heavy atom. The number of halogens is 1. The van der Waals surface area contributed by atoms with E-state index in [1.165, 1.54) is 6.07 Å². The SMILES string of the molecule is CSc1ccc2cc(CNCCO)c(OCc3ccccc3F)nc2c1. The van der Waals surface area contributed by atoms with Gasteiger partial charge in [0, 0.05) is 34.5 Å². The molecule has 0 amide bonds. The minimum atomic E-state index is -0.294. The molecule has 1 aromatic heterocycles. The first kappa shape index (κ1) is 18.6. The van der Waals surface area contributed by atoms with Crippen LogP contribution in [0.3, 0.4) is 0 Å². The fourth-order valence-electron chi connectivity index (χ4n) is 2.62. The Morgan fingerprint density at radius 1 is 1.15 bits per heavy atom. The highest BCUT2D eigenvalue weighted by Crippen LogP contribution is 2.26. The molecule has 1 heterocycles. The zero-order chi connectivity index (χ0) is 18.4. The molecule has 0 bridgehead atoms. The number of pyridine rings is 1. The van der Waals surface area contributed by atoms with Crippen molar-refractivity contribution >= 4 is 22.7 Å². The second kappa shape index (κ2) is 8.98. The first-order valence-corrected chi connectivity index (χ1v) is 9.59. The molecular weight excluding hydrogens is 351 g/mol. The minimum Gasteiger partial charge on any atom is -0.472 e. The maximum atomic E-state index is 13.8. The number of nitrogens with one attached hydrogen (secondary N) is 1. The van der Waals surface area contributed by atoms with E-state index < -0.39 is 0 Å². The predicted octanol–water partition coefficient (Wildman–Crippen LogP) is 3.76. The van der Waals surface area contributed by atoms with Gasteiger partial charge in [-0.25, -0.2) is 9.37 Å². The quantitative estimate of drug-likeness (QED) is 0.466. The third kappa shape index (κ3) is 4.52. The fourth-order valence-corrected chi connectivity index (χ4v) is 3.05. The largest absolute Gasteiger partial charge is 0.472 e. The minimum absolute atomic E-state index is 0.0590. The molecule has 136 valence electrons. The Balaban J connectivity index is 1.90. The molecule has 0 saturated carbocycles. The van der Waals surface area contributed by atoms with Crippen molar-refractivity contribution < 1.29 is 14.2 Å². The lowest BCUT2D eigenvalue weighted by Gasteiger charge is -2.13. The number of aliphatic hydroxyl groups is 1. The number of aromatic nitrogens is 1. The van der Waals surface area contributed by atoms with Gasteiger partial charge in [0.05, 0.1) is 12.1 Å². The Kier molecular flexibility index (Phi) is 6.44. The summed E-state index contributed by atoms with van der Waals surface area (Å²) in [6.45, 7) is 1.17. The van der Waals surface area contributed by atoms with Gasteiger partial charge in [0.1, 0.15) is 12.4 Å². The van der Waals surface area contributed by atoms with Gasteiger partial charge in [-0.3, -0.25) is 0 Å². The van der Waals surface area contributed by atoms with Gasteiger partial charge in [0.25, 0.3) is 0 Å². The molecule has 0 saturated heterocycles. The molecule has 0 aliphatic rings. The van der Waals surface area contributed by atoms with Gasteiger partial charge >= 0.3 is 0 Å². The first-order valence-electron chi connectivity index (χ1n) is 8.36. The van der Waals surface area contributed by atoms with Crippen LogP contribution in [-0.2, 0) is 13.2 Å². The van der Waals surface area contributed by atoms with Gasteiger partial charge in [-0.15, -0.1) is 11.8 Å². The maximum Gasteiger partial charge on any atom is 0.218 e. The Labute approximate surface area is 156 Å². The molecule has 6 heteroatoms. The molecule has 0 aliphatic carbocycles. The van der Waals surface area contributed by atoms with E-state index in [0.29, 0.717) is 24.5 Å². The van der Waals surface area contributed by atoms with Crippen molar-refractivity contribution in [3.63, 3.8) is 0 Å². The van der Waals surface area contributed by atoms with E-state index >= 15 is 0 Å². The van der Waals surface area contributed by atoms with Crippen LogP contribution in [0.15, 0.2) is 53.4 Å². The fraction of sp³-hybridized carbons (Fsp3) is 0.250. The van der Waals surface area contributed by atoms with Crippen LogP contribution in [0.5, 0.6) is 5.88 Å². The first-order chi connectivity index (χ1) is 12.7. The number of rotatable bonds is 8. The molecule has 0 fully saturated rings. The number of ether oxygens (including phenoxy) is 1. The molecule has 0 radical (unpaired) electrons. The van der Waals surface area contributed by atoms with Crippen LogP contribution in [0, 0.1) is 5.82 Å². The van der Waals surface area contributed by atoms with Crippen LogP contribution in [0.2, 0.25) is 0 Å². The van der Waals surface area contributed by atoms with E-state index in [1.54, 1.807) is 30.0 Å². The van der Waals surface area contributed by atoms with Crippen molar-refractivity contribution in [2.24, 2.45) is 0 Å². The second-order valence-electron chi connectivity index (χ2n) is 5.79. The Bertz CT molecular complexity index is 889. The number of aliphatic hydroxyl groups excluding tert-OH is 1. The van der Waals surface area contributed by atoms with E-state index in [1.807, 2.05) is 24.5 Å². The van der Waals surface area contributed by atoms with Gasteiger partial charge in [0.2, 0.25) is 5.88 Å². The summed E-state index contributed by atoms with van der Waals surface area (Å²) >= 11 is 1.65. The molecule has 4 nitrogen and oxygen atoms in total. The zero-order valence-corrected chi connectivity index (χ0v) is 15.4. The third-order valence-electron chi connectivity index (χ3n) is 3.99. The average Bonchev–Trinajstić information content (AvgIpc) is 2.67. The van der Waals surface area contributed by atoms with E-state index in [4.69, 9.17) is 9.84 Å². The van der Waals surface area contributed by atoms with Crippen molar-refractivity contribution in [3.05, 3.63) is 65.5 Å². The summed E-state index contributed by atoms with van der Waals surface area (Å²) < 4.78 is 19.7. The van der Waals surface area contributed by atoms with Gasteiger partial charge in [-0.2, -0.15) is 0 Å². The second-order valence-corrected chi connectivity index (χ2v) is 6.67. The normalized spacial score (nSPS) is 11.0. The van der Waals surface area contributed by atoms with Crippen LogP contribution in [-0.4, -0.2) is 29.5 Å². The third-order valence-corrected chi connectivity index (χ3v) is 4.72. The molecule has 3 aromatic rings. The van der Waals surface area contributed by atoms with E-state index in [-0.39, 0.29) is 19.0 Å². The van der Waals surface area contributed by atoms with Gasteiger partial charge in [0.15, 0.2) is 0 Å². The summed E-state index contributed by atoms with van der Waals surface area (Å²) in [7, 11) is 0.